The van der Waals surface area contributed by atoms with Crippen molar-refractivity contribution in [1.82, 2.24) is 24.4 Å². The molecule has 0 unspecified atom stereocenters. The lowest BCUT2D eigenvalue weighted by Crippen LogP contribution is -2.23. The summed E-state index contributed by atoms with van der Waals surface area (Å²) >= 11 is 1.29. The maximum atomic E-state index is 13.4. The fraction of sp³-hybridized carbons (Fsp3) is 0.188. The lowest BCUT2D eigenvalue weighted by atomic mass is 10.1. The van der Waals surface area contributed by atoms with Gasteiger partial charge in [0.25, 0.3) is 5.56 Å². The molecule has 212 valence electrons. The van der Waals surface area contributed by atoms with Crippen molar-refractivity contribution in [2.24, 2.45) is 0 Å². The Kier molecular flexibility index (Phi) is 7.70. The second-order valence-electron chi connectivity index (χ2n) is 9.55. The van der Waals surface area contributed by atoms with Crippen LogP contribution >= 0.6 is 11.3 Å². The topological polar surface area (TPSA) is 92.8 Å². The third-order valence-corrected chi connectivity index (χ3v) is 7.73. The number of para-hydroxylation sites is 1. The molecule has 0 bridgehead atoms. The molecule has 0 aliphatic rings. The van der Waals surface area contributed by atoms with Gasteiger partial charge in [0.05, 0.1) is 31.0 Å². The Bertz CT molecular complexity index is 1950. The number of thiazole rings is 1. The quantitative estimate of drug-likeness (QED) is 0.200. The monoisotopic (exact) mass is 579 g/mol. The molecule has 3 heterocycles. The van der Waals surface area contributed by atoms with E-state index >= 15 is 0 Å². The van der Waals surface area contributed by atoms with Crippen LogP contribution in [-0.2, 0) is 0 Å². The SMILES string of the molecule is CCCCOc1ccc(-c2nc3sc(=Cc4cn(-c5ccccc5)nc4-c4ccc(OC)c(OC)c4)c(=O)n3n2)cc1. The van der Waals surface area contributed by atoms with Crippen molar-refractivity contribution in [3.8, 4) is 45.6 Å². The van der Waals surface area contributed by atoms with E-state index in [1.54, 1.807) is 18.9 Å². The van der Waals surface area contributed by atoms with Crippen molar-refractivity contribution >= 4 is 22.4 Å². The number of methoxy groups -OCH3 is 2. The largest absolute Gasteiger partial charge is 0.494 e. The van der Waals surface area contributed by atoms with Crippen molar-refractivity contribution in [3.63, 3.8) is 0 Å². The Morgan fingerprint density at radius 3 is 2.38 bits per heavy atom. The van der Waals surface area contributed by atoms with Crippen LogP contribution in [0.5, 0.6) is 17.2 Å². The molecule has 0 N–H and O–H groups in total. The molecule has 0 amide bonds. The summed E-state index contributed by atoms with van der Waals surface area (Å²) in [6.45, 7) is 2.82. The van der Waals surface area contributed by atoms with Crippen LogP contribution in [0.4, 0.5) is 0 Å². The van der Waals surface area contributed by atoms with Crippen molar-refractivity contribution < 1.29 is 14.2 Å². The minimum Gasteiger partial charge on any atom is -0.494 e. The summed E-state index contributed by atoms with van der Waals surface area (Å²) in [5.41, 5.74) is 3.77. The second-order valence-corrected chi connectivity index (χ2v) is 10.6. The molecule has 3 aromatic heterocycles. The number of nitrogens with zero attached hydrogens (tertiary/aromatic N) is 5. The highest BCUT2D eigenvalue weighted by Gasteiger charge is 2.16. The van der Waals surface area contributed by atoms with Gasteiger partial charge in [-0.05, 0) is 67.1 Å². The smallest absolute Gasteiger partial charge is 0.291 e. The third-order valence-electron chi connectivity index (χ3n) is 6.77. The minimum absolute atomic E-state index is 0.237. The summed E-state index contributed by atoms with van der Waals surface area (Å²) in [6, 6.07) is 23.1. The molecule has 0 saturated carbocycles. The Hall–Kier alpha value is -4.96. The highest BCUT2D eigenvalue weighted by molar-refractivity contribution is 7.15. The van der Waals surface area contributed by atoms with Crippen LogP contribution in [0.2, 0.25) is 0 Å². The first-order valence-corrected chi connectivity index (χ1v) is 14.4. The first kappa shape index (κ1) is 27.2. The average molecular weight is 580 g/mol. The van der Waals surface area contributed by atoms with Gasteiger partial charge in [-0.2, -0.15) is 14.6 Å². The number of unbranched alkanes of at least 4 members (excludes halogenated alkanes) is 1. The number of hydrogen-bond donors (Lipinski definition) is 0. The fourth-order valence-electron chi connectivity index (χ4n) is 4.55. The predicted molar refractivity (Wildman–Crippen MR) is 164 cm³/mol. The molecule has 0 radical (unpaired) electrons. The zero-order valence-corrected chi connectivity index (χ0v) is 24.3. The molecule has 0 aliphatic carbocycles. The normalized spacial score (nSPS) is 11.7. The van der Waals surface area contributed by atoms with Crippen LogP contribution in [0.3, 0.4) is 0 Å². The maximum absolute atomic E-state index is 13.4. The van der Waals surface area contributed by atoms with Crippen LogP contribution < -0.4 is 24.3 Å². The van der Waals surface area contributed by atoms with Gasteiger partial charge in [-0.1, -0.05) is 42.9 Å². The summed E-state index contributed by atoms with van der Waals surface area (Å²) in [5, 5.41) is 9.39. The molecule has 6 aromatic rings. The Morgan fingerprint density at radius 1 is 0.905 bits per heavy atom. The molecule has 6 rings (SSSR count). The Morgan fingerprint density at radius 2 is 1.67 bits per heavy atom. The van der Waals surface area contributed by atoms with Gasteiger partial charge < -0.3 is 14.2 Å². The molecule has 0 atom stereocenters. The van der Waals surface area contributed by atoms with Crippen LogP contribution in [0.15, 0.2) is 83.8 Å². The van der Waals surface area contributed by atoms with Crippen molar-refractivity contribution in [2.45, 2.75) is 19.8 Å². The summed E-state index contributed by atoms with van der Waals surface area (Å²) in [6.07, 6.45) is 5.84. The fourth-order valence-corrected chi connectivity index (χ4v) is 5.44. The van der Waals surface area contributed by atoms with Crippen LogP contribution in [0.25, 0.3) is 39.4 Å². The molecule has 3 aromatic carbocycles. The molecule has 0 aliphatic heterocycles. The summed E-state index contributed by atoms with van der Waals surface area (Å²) in [7, 11) is 3.20. The summed E-state index contributed by atoms with van der Waals surface area (Å²) in [4.78, 5) is 18.6. The molecule has 42 heavy (non-hydrogen) atoms. The third kappa shape index (κ3) is 5.36. The first-order valence-electron chi connectivity index (χ1n) is 13.6. The van der Waals surface area contributed by atoms with E-state index in [1.165, 1.54) is 15.9 Å². The van der Waals surface area contributed by atoms with E-state index in [0.717, 1.165) is 41.0 Å². The predicted octanol–water partition coefficient (Wildman–Crippen LogP) is 5.41. The van der Waals surface area contributed by atoms with Crippen LogP contribution in [-0.4, -0.2) is 45.2 Å². The van der Waals surface area contributed by atoms with Crippen LogP contribution in [0, 0.1) is 0 Å². The summed E-state index contributed by atoms with van der Waals surface area (Å²) in [5.74, 6) is 2.51. The van der Waals surface area contributed by atoms with Gasteiger partial charge in [0.15, 0.2) is 17.3 Å². The zero-order valence-electron chi connectivity index (χ0n) is 23.5. The van der Waals surface area contributed by atoms with Gasteiger partial charge >= 0.3 is 0 Å². The maximum Gasteiger partial charge on any atom is 0.291 e. The number of benzene rings is 3. The van der Waals surface area contributed by atoms with Crippen molar-refractivity contribution in [3.05, 3.63) is 99.4 Å². The van der Waals surface area contributed by atoms with E-state index < -0.39 is 0 Å². The van der Waals surface area contributed by atoms with Gasteiger partial charge in [-0.25, -0.2) is 4.68 Å². The molecular formula is C32H29N5O4S. The van der Waals surface area contributed by atoms with E-state index in [0.29, 0.717) is 39.1 Å². The number of rotatable bonds is 10. The molecular weight excluding hydrogens is 550 g/mol. The molecule has 10 heteroatoms. The molecule has 0 spiro atoms. The van der Waals surface area contributed by atoms with Crippen LogP contribution in [0.1, 0.15) is 25.3 Å². The highest BCUT2D eigenvalue weighted by atomic mass is 32.1. The van der Waals surface area contributed by atoms with Gasteiger partial charge in [-0.3, -0.25) is 4.79 Å². The van der Waals surface area contributed by atoms with Crippen molar-refractivity contribution in [2.75, 3.05) is 20.8 Å². The lowest BCUT2D eigenvalue weighted by molar-refractivity contribution is 0.309. The zero-order chi connectivity index (χ0) is 29.1. The van der Waals surface area contributed by atoms with Gasteiger partial charge in [-0.15, -0.1) is 5.10 Å². The Labute approximate surface area is 246 Å². The Balaban J connectivity index is 1.39. The standard InChI is InChI=1S/C32H29N5O4S/c1-4-5-17-41-25-14-11-21(12-15-25)30-33-32-37(35-30)31(38)28(42-32)19-23-20-36(24-9-7-6-8-10-24)34-29(23)22-13-16-26(39-2)27(18-22)40-3/h6-16,18-20H,4-5,17H2,1-3H3. The second kappa shape index (κ2) is 11.9. The lowest BCUT2D eigenvalue weighted by Gasteiger charge is -2.09. The number of hydrogen-bond acceptors (Lipinski definition) is 8. The van der Waals surface area contributed by atoms with E-state index in [2.05, 4.69) is 17.0 Å². The number of aromatic nitrogens is 5. The number of ether oxygens (including phenoxy) is 3. The molecule has 0 fully saturated rings. The summed E-state index contributed by atoms with van der Waals surface area (Å²) < 4.78 is 20.4. The minimum atomic E-state index is -0.237. The van der Waals surface area contributed by atoms with Gasteiger partial charge in [0, 0.05) is 22.9 Å². The van der Waals surface area contributed by atoms with E-state index in [4.69, 9.17) is 19.3 Å². The van der Waals surface area contributed by atoms with E-state index in [-0.39, 0.29) is 5.56 Å². The number of fused-ring (bicyclic) bond motifs is 1. The average Bonchev–Trinajstić information content (AvgIpc) is 3.72. The first-order chi connectivity index (χ1) is 20.6. The molecule has 0 saturated heterocycles. The van der Waals surface area contributed by atoms with Crippen molar-refractivity contribution in [1.29, 1.82) is 0 Å². The van der Waals surface area contributed by atoms with E-state index in [1.807, 2.05) is 85.1 Å². The van der Waals surface area contributed by atoms with Gasteiger partial charge in [0.1, 0.15) is 11.4 Å². The molecule has 9 nitrogen and oxygen atoms in total. The van der Waals surface area contributed by atoms with E-state index in [9.17, 15) is 4.79 Å². The highest BCUT2D eigenvalue weighted by Crippen LogP contribution is 2.33. The van der Waals surface area contributed by atoms with Gasteiger partial charge in [0.2, 0.25) is 4.96 Å².